The number of hydrogen-bond donors (Lipinski definition) is 1. The summed E-state index contributed by atoms with van der Waals surface area (Å²) in [4.78, 5) is 16.8. The maximum atomic E-state index is 12.1. The highest BCUT2D eigenvalue weighted by Gasteiger charge is 2.25. The van der Waals surface area contributed by atoms with Crippen molar-refractivity contribution >= 4 is 22.7 Å². The van der Waals surface area contributed by atoms with Gasteiger partial charge in [-0.15, -0.1) is 0 Å². The van der Waals surface area contributed by atoms with E-state index in [0.717, 1.165) is 16.9 Å². The van der Waals surface area contributed by atoms with Crippen LogP contribution in [0, 0.1) is 5.92 Å². The van der Waals surface area contributed by atoms with Gasteiger partial charge in [-0.1, -0.05) is 40.7 Å². The van der Waals surface area contributed by atoms with Crippen LogP contribution in [-0.2, 0) is 21.5 Å². The van der Waals surface area contributed by atoms with Gasteiger partial charge in [0, 0.05) is 5.41 Å². The quantitative estimate of drug-likeness (QED) is 0.696. The molecule has 2 aromatic rings. The van der Waals surface area contributed by atoms with Gasteiger partial charge in [-0.3, -0.25) is 4.79 Å². The molecular formula is C17H25N3O2. The second kappa shape index (κ2) is 5.99. The summed E-state index contributed by atoms with van der Waals surface area (Å²) >= 11 is 0. The van der Waals surface area contributed by atoms with E-state index < -0.39 is 0 Å². The molecular weight excluding hydrogens is 278 g/mol. The number of ether oxygens (including phenoxy) is 1. The van der Waals surface area contributed by atoms with Crippen LogP contribution in [0.4, 0.5) is 5.69 Å². The molecule has 0 unspecified atom stereocenters. The van der Waals surface area contributed by atoms with Gasteiger partial charge in [0.2, 0.25) is 0 Å². The number of carbonyl (C=O) groups excluding carboxylic acids is 1. The molecule has 1 aromatic heterocycles. The van der Waals surface area contributed by atoms with E-state index in [1.807, 2.05) is 36.6 Å². The zero-order valence-electron chi connectivity index (χ0n) is 14.0. The fourth-order valence-corrected chi connectivity index (χ4v) is 2.34. The van der Waals surface area contributed by atoms with E-state index in [1.54, 1.807) is 0 Å². The van der Waals surface area contributed by atoms with Crippen LogP contribution in [0.5, 0.6) is 0 Å². The van der Waals surface area contributed by atoms with Gasteiger partial charge < -0.3 is 15.0 Å². The molecule has 0 saturated carbocycles. The lowest BCUT2D eigenvalue weighted by Gasteiger charge is -2.20. The first-order chi connectivity index (χ1) is 10.2. The molecule has 0 fully saturated rings. The molecule has 22 heavy (non-hydrogen) atoms. The predicted molar refractivity (Wildman–Crippen MR) is 88.6 cm³/mol. The predicted octanol–water partition coefficient (Wildman–Crippen LogP) is 3.12. The summed E-state index contributed by atoms with van der Waals surface area (Å²) in [5.74, 6) is 0.907. The molecule has 0 atom stereocenters. The first kappa shape index (κ1) is 16.3. The number of anilines is 1. The van der Waals surface area contributed by atoms with E-state index in [-0.39, 0.29) is 17.9 Å². The highest BCUT2D eigenvalue weighted by atomic mass is 16.5. The van der Waals surface area contributed by atoms with Crippen LogP contribution in [0.1, 0.15) is 40.4 Å². The number of nitrogen functional groups attached to an aromatic ring is 1. The molecule has 0 radical (unpaired) electrons. The molecule has 0 amide bonds. The van der Waals surface area contributed by atoms with E-state index >= 15 is 0 Å². The number of fused-ring (bicyclic) bond motifs is 1. The summed E-state index contributed by atoms with van der Waals surface area (Å²) in [7, 11) is 0. The highest BCUT2D eigenvalue weighted by molar-refractivity contribution is 5.88. The maximum absolute atomic E-state index is 12.1. The van der Waals surface area contributed by atoms with E-state index in [2.05, 4.69) is 25.8 Å². The monoisotopic (exact) mass is 303 g/mol. The minimum atomic E-state index is -0.249. The Hall–Kier alpha value is -2.04. The molecule has 0 aliphatic carbocycles. The van der Waals surface area contributed by atoms with Crippen molar-refractivity contribution in [3.05, 3.63) is 24.0 Å². The first-order valence-electron chi connectivity index (χ1n) is 7.61. The van der Waals surface area contributed by atoms with Crippen molar-refractivity contribution in [2.45, 2.75) is 46.6 Å². The van der Waals surface area contributed by atoms with Crippen molar-refractivity contribution in [1.82, 2.24) is 9.55 Å². The standard InChI is InChI=1S/C17H25N3O2/c1-11(2)10-22-14(21)9-20-13-8-6-7-12(18)15(13)19-16(20)17(3,4)5/h6-8,11H,9-10,18H2,1-5H3. The van der Waals surface area contributed by atoms with Crippen LogP contribution in [-0.4, -0.2) is 22.1 Å². The van der Waals surface area contributed by atoms with Gasteiger partial charge in [0.05, 0.1) is 17.8 Å². The third-order valence-electron chi connectivity index (χ3n) is 3.35. The average Bonchev–Trinajstić information content (AvgIpc) is 2.77. The summed E-state index contributed by atoms with van der Waals surface area (Å²) in [6.45, 7) is 10.8. The summed E-state index contributed by atoms with van der Waals surface area (Å²) in [6, 6.07) is 5.63. The zero-order chi connectivity index (χ0) is 16.5. The molecule has 0 spiro atoms. The van der Waals surface area contributed by atoms with Gasteiger partial charge in [-0.2, -0.15) is 0 Å². The third-order valence-corrected chi connectivity index (χ3v) is 3.35. The minimum absolute atomic E-state index is 0.152. The van der Waals surface area contributed by atoms with Gasteiger partial charge in [-0.05, 0) is 18.1 Å². The van der Waals surface area contributed by atoms with Gasteiger partial charge >= 0.3 is 5.97 Å². The lowest BCUT2D eigenvalue weighted by atomic mass is 9.95. The molecule has 0 saturated heterocycles. The van der Waals surface area contributed by atoms with Gasteiger partial charge in [0.1, 0.15) is 17.9 Å². The van der Waals surface area contributed by atoms with Gasteiger partial charge in [0.25, 0.3) is 0 Å². The van der Waals surface area contributed by atoms with Crippen molar-refractivity contribution in [1.29, 1.82) is 0 Å². The van der Waals surface area contributed by atoms with Crippen molar-refractivity contribution in [3.63, 3.8) is 0 Å². The fourth-order valence-electron chi connectivity index (χ4n) is 2.34. The SMILES string of the molecule is CC(C)COC(=O)Cn1c(C(C)(C)C)nc2c(N)cccc21. The minimum Gasteiger partial charge on any atom is -0.464 e. The summed E-state index contributed by atoms with van der Waals surface area (Å²) in [5.41, 5.74) is 8.06. The summed E-state index contributed by atoms with van der Waals surface area (Å²) in [5, 5.41) is 0. The molecule has 0 bridgehead atoms. The third kappa shape index (κ3) is 3.40. The Morgan fingerprint density at radius 2 is 2.05 bits per heavy atom. The largest absolute Gasteiger partial charge is 0.464 e. The van der Waals surface area contributed by atoms with Crippen LogP contribution in [0.25, 0.3) is 11.0 Å². The number of nitrogens with two attached hydrogens (primary N) is 1. The molecule has 1 aromatic carbocycles. The van der Waals surface area contributed by atoms with E-state index in [0.29, 0.717) is 18.2 Å². The maximum Gasteiger partial charge on any atom is 0.326 e. The van der Waals surface area contributed by atoms with Crippen LogP contribution < -0.4 is 5.73 Å². The number of aromatic nitrogens is 2. The topological polar surface area (TPSA) is 70.1 Å². The molecule has 120 valence electrons. The van der Waals surface area contributed by atoms with Crippen molar-refractivity contribution in [3.8, 4) is 0 Å². The van der Waals surface area contributed by atoms with E-state index in [9.17, 15) is 4.79 Å². The summed E-state index contributed by atoms with van der Waals surface area (Å²) < 4.78 is 7.22. The second-order valence-electron chi connectivity index (χ2n) is 7.06. The fraction of sp³-hybridized carbons (Fsp3) is 0.529. The van der Waals surface area contributed by atoms with Crippen LogP contribution in [0.2, 0.25) is 0 Å². The lowest BCUT2D eigenvalue weighted by molar-refractivity contribution is -0.145. The average molecular weight is 303 g/mol. The van der Waals surface area contributed by atoms with Crippen LogP contribution >= 0.6 is 0 Å². The Morgan fingerprint density at radius 1 is 1.36 bits per heavy atom. The van der Waals surface area contributed by atoms with Crippen LogP contribution in [0.3, 0.4) is 0 Å². The molecule has 5 nitrogen and oxygen atoms in total. The normalized spacial score (nSPS) is 12.1. The summed E-state index contributed by atoms with van der Waals surface area (Å²) in [6.07, 6.45) is 0. The van der Waals surface area contributed by atoms with Crippen molar-refractivity contribution in [2.75, 3.05) is 12.3 Å². The Labute approximate surface area is 131 Å². The van der Waals surface area contributed by atoms with Gasteiger partial charge in [0.15, 0.2) is 0 Å². The van der Waals surface area contributed by atoms with E-state index in [4.69, 9.17) is 10.5 Å². The Kier molecular flexibility index (Phi) is 4.44. The molecule has 0 aliphatic rings. The number of nitrogens with zero attached hydrogens (tertiary/aromatic N) is 2. The van der Waals surface area contributed by atoms with Crippen LogP contribution in [0.15, 0.2) is 18.2 Å². The number of para-hydroxylation sites is 1. The number of hydrogen-bond acceptors (Lipinski definition) is 4. The molecule has 0 aliphatic heterocycles. The smallest absolute Gasteiger partial charge is 0.326 e. The van der Waals surface area contributed by atoms with E-state index in [1.165, 1.54) is 0 Å². The van der Waals surface area contributed by atoms with Crippen molar-refractivity contribution in [2.24, 2.45) is 5.92 Å². The number of benzene rings is 1. The number of carbonyl (C=O) groups is 1. The molecule has 1 heterocycles. The zero-order valence-corrected chi connectivity index (χ0v) is 14.0. The Bertz CT molecular complexity index is 681. The molecule has 2 rings (SSSR count). The molecule has 5 heteroatoms. The molecule has 2 N–H and O–H groups in total. The van der Waals surface area contributed by atoms with Gasteiger partial charge in [-0.25, -0.2) is 4.98 Å². The second-order valence-corrected chi connectivity index (χ2v) is 7.06. The highest BCUT2D eigenvalue weighted by Crippen LogP contribution is 2.29. The number of esters is 1. The number of rotatable bonds is 4. The van der Waals surface area contributed by atoms with Crippen molar-refractivity contribution < 1.29 is 9.53 Å². The Morgan fingerprint density at radius 3 is 2.64 bits per heavy atom. The lowest BCUT2D eigenvalue weighted by Crippen LogP contribution is -2.23. The first-order valence-corrected chi connectivity index (χ1v) is 7.61. The number of imidazole rings is 1. The Balaban J connectivity index is 2.42.